The smallest absolute Gasteiger partial charge is 0.0670 e. The van der Waals surface area contributed by atoms with Gasteiger partial charge in [-0.25, -0.2) is 0 Å². The Bertz CT molecular complexity index is 470. The maximum atomic E-state index is 5.90. The van der Waals surface area contributed by atoms with E-state index in [1.807, 2.05) is 0 Å². The molecule has 19 heavy (non-hydrogen) atoms. The van der Waals surface area contributed by atoms with E-state index in [-0.39, 0.29) is 0 Å². The van der Waals surface area contributed by atoms with Gasteiger partial charge in [0.15, 0.2) is 0 Å². The van der Waals surface area contributed by atoms with Gasteiger partial charge in [-0.3, -0.25) is 0 Å². The van der Waals surface area contributed by atoms with Crippen molar-refractivity contribution in [2.75, 3.05) is 11.9 Å². The van der Waals surface area contributed by atoms with E-state index in [1.54, 1.807) is 0 Å². The monoisotopic (exact) mass is 323 g/mol. The van der Waals surface area contributed by atoms with Crippen LogP contribution in [-0.4, -0.2) is 18.8 Å². The van der Waals surface area contributed by atoms with Crippen LogP contribution in [0.3, 0.4) is 0 Å². The van der Waals surface area contributed by atoms with Gasteiger partial charge in [-0.15, -0.1) is 0 Å². The Labute approximate surface area is 124 Å². The van der Waals surface area contributed by atoms with Crippen molar-refractivity contribution in [1.82, 2.24) is 0 Å². The van der Waals surface area contributed by atoms with E-state index < -0.39 is 0 Å². The highest BCUT2D eigenvalue weighted by Crippen LogP contribution is 2.58. The summed E-state index contributed by atoms with van der Waals surface area (Å²) in [5.41, 5.74) is 2.96. The first kappa shape index (κ1) is 13.4. The zero-order chi connectivity index (χ0) is 13.5. The molecule has 2 aliphatic carbocycles. The maximum Gasteiger partial charge on any atom is 0.0670 e. The lowest BCUT2D eigenvalue weighted by Crippen LogP contribution is -2.64. The van der Waals surface area contributed by atoms with Gasteiger partial charge in [0.2, 0.25) is 0 Å². The van der Waals surface area contributed by atoms with Crippen LogP contribution in [0.4, 0.5) is 5.69 Å². The van der Waals surface area contributed by atoms with Crippen LogP contribution in [0.5, 0.6) is 0 Å². The molecule has 0 aromatic heterocycles. The number of rotatable bonds is 4. The average molecular weight is 324 g/mol. The number of aryl methyl sites for hydroxylation is 1. The summed E-state index contributed by atoms with van der Waals surface area (Å²) < 4.78 is 7.08. The average Bonchev–Trinajstić information content (AvgIpc) is 2.30. The molecule has 2 unspecified atom stereocenters. The minimum atomic E-state index is 0.428. The maximum absolute atomic E-state index is 5.90. The molecule has 1 aromatic rings. The third-order valence-corrected chi connectivity index (χ3v) is 5.83. The Morgan fingerprint density at radius 3 is 2.79 bits per heavy atom. The third kappa shape index (κ3) is 2.21. The first-order valence-electron chi connectivity index (χ1n) is 7.30. The van der Waals surface area contributed by atoms with E-state index in [1.165, 1.54) is 35.0 Å². The van der Waals surface area contributed by atoms with Crippen molar-refractivity contribution >= 4 is 21.6 Å². The number of hydrogen-bond acceptors (Lipinski definition) is 2. The molecule has 1 aromatic carbocycles. The number of halogens is 1. The van der Waals surface area contributed by atoms with Crippen LogP contribution in [-0.2, 0) is 4.74 Å². The molecule has 3 heteroatoms. The first-order valence-corrected chi connectivity index (χ1v) is 8.09. The lowest BCUT2D eigenvalue weighted by Gasteiger charge is -2.61. The number of ether oxygens (including phenoxy) is 1. The summed E-state index contributed by atoms with van der Waals surface area (Å²) in [6.45, 7) is 5.08. The van der Waals surface area contributed by atoms with Crippen molar-refractivity contribution in [1.29, 1.82) is 0 Å². The fraction of sp³-hybridized carbons (Fsp3) is 0.625. The molecule has 2 atom stereocenters. The SMILES string of the molecule is CCOC1CC(Nc2ccc(Br)c(C)c2)C12CCC2. The second kappa shape index (κ2) is 5.10. The van der Waals surface area contributed by atoms with Crippen molar-refractivity contribution in [3.8, 4) is 0 Å². The van der Waals surface area contributed by atoms with Gasteiger partial charge in [-0.1, -0.05) is 22.4 Å². The van der Waals surface area contributed by atoms with Gasteiger partial charge in [-0.2, -0.15) is 0 Å². The fourth-order valence-corrected chi connectivity index (χ4v) is 3.82. The van der Waals surface area contributed by atoms with Crippen LogP contribution >= 0.6 is 15.9 Å². The molecule has 1 spiro atoms. The van der Waals surface area contributed by atoms with Crippen LogP contribution in [0.15, 0.2) is 22.7 Å². The highest BCUT2D eigenvalue weighted by molar-refractivity contribution is 9.10. The summed E-state index contributed by atoms with van der Waals surface area (Å²) >= 11 is 3.56. The molecule has 2 nitrogen and oxygen atoms in total. The Kier molecular flexibility index (Phi) is 3.61. The minimum Gasteiger partial charge on any atom is -0.382 e. The molecule has 0 radical (unpaired) electrons. The molecule has 0 heterocycles. The number of benzene rings is 1. The first-order chi connectivity index (χ1) is 9.15. The van der Waals surface area contributed by atoms with Crippen molar-refractivity contribution < 1.29 is 4.74 Å². The van der Waals surface area contributed by atoms with Crippen molar-refractivity contribution in [2.24, 2.45) is 5.41 Å². The summed E-state index contributed by atoms with van der Waals surface area (Å²) in [5, 5.41) is 3.73. The standard InChI is InChI=1S/C16H22BrNO/c1-3-19-15-10-14(16(15)7-4-8-16)18-12-5-6-13(17)11(2)9-12/h5-6,9,14-15,18H,3-4,7-8,10H2,1-2H3. The highest BCUT2D eigenvalue weighted by Gasteiger charge is 2.58. The predicted molar refractivity (Wildman–Crippen MR) is 82.6 cm³/mol. The topological polar surface area (TPSA) is 21.3 Å². The summed E-state index contributed by atoms with van der Waals surface area (Å²) in [6, 6.07) is 7.12. The van der Waals surface area contributed by atoms with Gasteiger partial charge in [0.25, 0.3) is 0 Å². The minimum absolute atomic E-state index is 0.428. The Hall–Kier alpha value is -0.540. The summed E-state index contributed by atoms with van der Waals surface area (Å²) in [4.78, 5) is 0. The molecule has 2 saturated carbocycles. The predicted octanol–water partition coefficient (Wildman–Crippen LogP) is 4.52. The summed E-state index contributed by atoms with van der Waals surface area (Å²) in [6.07, 6.45) is 5.65. The van der Waals surface area contributed by atoms with E-state index in [2.05, 4.69) is 53.3 Å². The second-order valence-electron chi connectivity index (χ2n) is 5.93. The Morgan fingerprint density at radius 2 is 2.21 bits per heavy atom. The summed E-state index contributed by atoms with van der Waals surface area (Å²) in [5.74, 6) is 0. The molecule has 0 amide bonds. The number of nitrogens with one attached hydrogen (secondary N) is 1. The molecular formula is C16H22BrNO. The van der Waals surface area contributed by atoms with Crippen LogP contribution in [0.25, 0.3) is 0 Å². The number of hydrogen-bond donors (Lipinski definition) is 1. The molecule has 1 N–H and O–H groups in total. The van der Waals surface area contributed by atoms with Gasteiger partial charge >= 0.3 is 0 Å². The van der Waals surface area contributed by atoms with Crippen LogP contribution in [0.1, 0.15) is 38.2 Å². The summed E-state index contributed by atoms with van der Waals surface area (Å²) in [7, 11) is 0. The molecule has 3 rings (SSSR count). The van der Waals surface area contributed by atoms with Gasteiger partial charge in [0.05, 0.1) is 6.10 Å². The van der Waals surface area contributed by atoms with Gasteiger partial charge < -0.3 is 10.1 Å². The van der Waals surface area contributed by atoms with Crippen LogP contribution in [0.2, 0.25) is 0 Å². The molecule has 0 aliphatic heterocycles. The van der Waals surface area contributed by atoms with Crippen LogP contribution in [0, 0.1) is 12.3 Å². The van der Waals surface area contributed by atoms with E-state index in [9.17, 15) is 0 Å². The Morgan fingerprint density at radius 1 is 1.42 bits per heavy atom. The van der Waals surface area contributed by atoms with Gasteiger partial charge in [-0.05, 0) is 56.9 Å². The van der Waals surface area contributed by atoms with Crippen LogP contribution < -0.4 is 5.32 Å². The second-order valence-corrected chi connectivity index (χ2v) is 6.78. The molecular weight excluding hydrogens is 302 g/mol. The van der Waals surface area contributed by atoms with Crippen molar-refractivity contribution in [3.63, 3.8) is 0 Å². The molecule has 2 fully saturated rings. The Balaban J connectivity index is 1.69. The fourth-order valence-electron chi connectivity index (χ4n) is 3.58. The van der Waals surface area contributed by atoms with Crippen molar-refractivity contribution in [2.45, 2.75) is 51.7 Å². The lowest BCUT2D eigenvalue weighted by atomic mass is 9.51. The number of anilines is 1. The zero-order valence-corrected chi connectivity index (χ0v) is 13.3. The zero-order valence-electron chi connectivity index (χ0n) is 11.7. The molecule has 2 aliphatic rings. The van der Waals surface area contributed by atoms with Gasteiger partial charge in [0.1, 0.15) is 0 Å². The largest absolute Gasteiger partial charge is 0.382 e. The van der Waals surface area contributed by atoms with E-state index in [4.69, 9.17) is 4.74 Å². The van der Waals surface area contributed by atoms with E-state index in [0.29, 0.717) is 17.6 Å². The van der Waals surface area contributed by atoms with Gasteiger partial charge in [0, 0.05) is 28.2 Å². The van der Waals surface area contributed by atoms with E-state index >= 15 is 0 Å². The highest BCUT2D eigenvalue weighted by atomic mass is 79.9. The molecule has 0 bridgehead atoms. The van der Waals surface area contributed by atoms with E-state index in [0.717, 1.165) is 13.0 Å². The third-order valence-electron chi connectivity index (χ3n) is 4.94. The van der Waals surface area contributed by atoms with Crippen molar-refractivity contribution in [3.05, 3.63) is 28.2 Å². The molecule has 104 valence electrons. The lowest BCUT2D eigenvalue weighted by molar-refractivity contribution is -0.157. The molecule has 0 saturated heterocycles. The normalized spacial score (nSPS) is 27.7. The quantitative estimate of drug-likeness (QED) is 0.879.